The van der Waals surface area contributed by atoms with Gasteiger partial charge in [-0.3, -0.25) is 0 Å². The standard InChI is InChI=1S/C10H12INO/c11-10-8-3-2-7(12)5-6(8)1-4-9(10)13/h1,4,7,13H,2-3,5,12H2/t7-/m0/s1. The second-order valence-electron chi connectivity index (χ2n) is 3.54. The number of rotatable bonds is 0. The van der Waals surface area contributed by atoms with Gasteiger partial charge in [-0.2, -0.15) is 0 Å². The van der Waals surface area contributed by atoms with Crippen LogP contribution >= 0.6 is 22.6 Å². The molecule has 1 aromatic carbocycles. The lowest BCUT2D eigenvalue weighted by Gasteiger charge is -2.22. The number of phenols is 1. The summed E-state index contributed by atoms with van der Waals surface area (Å²) in [6.07, 6.45) is 2.99. The molecule has 1 aromatic rings. The predicted molar refractivity (Wildman–Crippen MR) is 60.8 cm³/mol. The number of hydrogen-bond acceptors (Lipinski definition) is 2. The number of nitrogens with two attached hydrogens (primary N) is 1. The Labute approximate surface area is 91.3 Å². The van der Waals surface area contributed by atoms with E-state index < -0.39 is 0 Å². The van der Waals surface area contributed by atoms with E-state index in [1.165, 1.54) is 11.1 Å². The van der Waals surface area contributed by atoms with Gasteiger partial charge in [0.05, 0.1) is 3.57 Å². The van der Waals surface area contributed by atoms with Crippen LogP contribution in [-0.2, 0) is 12.8 Å². The van der Waals surface area contributed by atoms with Crippen LogP contribution in [0.2, 0.25) is 0 Å². The molecule has 0 spiro atoms. The first-order valence-electron chi connectivity index (χ1n) is 4.43. The second-order valence-corrected chi connectivity index (χ2v) is 4.62. The summed E-state index contributed by atoms with van der Waals surface area (Å²) < 4.78 is 1.00. The van der Waals surface area contributed by atoms with Crippen molar-refractivity contribution >= 4 is 22.6 Å². The largest absolute Gasteiger partial charge is 0.507 e. The van der Waals surface area contributed by atoms with E-state index in [2.05, 4.69) is 22.6 Å². The lowest BCUT2D eigenvalue weighted by Crippen LogP contribution is -2.28. The highest BCUT2D eigenvalue weighted by Gasteiger charge is 2.18. The maximum absolute atomic E-state index is 9.50. The van der Waals surface area contributed by atoms with Crippen LogP contribution in [0.5, 0.6) is 5.75 Å². The zero-order chi connectivity index (χ0) is 9.42. The number of fused-ring (bicyclic) bond motifs is 1. The van der Waals surface area contributed by atoms with Crippen LogP contribution in [0.4, 0.5) is 0 Å². The average molecular weight is 289 g/mol. The van der Waals surface area contributed by atoms with Crippen molar-refractivity contribution in [3.63, 3.8) is 0 Å². The summed E-state index contributed by atoms with van der Waals surface area (Å²) in [6, 6.07) is 4.05. The Morgan fingerprint density at radius 2 is 2.23 bits per heavy atom. The molecule has 13 heavy (non-hydrogen) atoms. The fourth-order valence-electron chi connectivity index (χ4n) is 1.82. The fourth-order valence-corrected chi connectivity index (χ4v) is 2.62. The minimum absolute atomic E-state index is 0.299. The Kier molecular flexibility index (Phi) is 2.47. The summed E-state index contributed by atoms with van der Waals surface area (Å²) in [5.74, 6) is 0.398. The van der Waals surface area contributed by atoms with E-state index in [1.807, 2.05) is 6.07 Å². The van der Waals surface area contributed by atoms with Crippen molar-refractivity contribution in [3.8, 4) is 5.75 Å². The van der Waals surface area contributed by atoms with E-state index in [4.69, 9.17) is 5.73 Å². The van der Waals surface area contributed by atoms with Gasteiger partial charge in [0.2, 0.25) is 0 Å². The van der Waals surface area contributed by atoms with Gasteiger partial charge < -0.3 is 10.8 Å². The molecular formula is C10H12INO. The van der Waals surface area contributed by atoms with Crippen LogP contribution in [0.1, 0.15) is 17.5 Å². The van der Waals surface area contributed by atoms with Gasteiger partial charge in [-0.05, 0) is 59.0 Å². The van der Waals surface area contributed by atoms with Crippen LogP contribution in [0.3, 0.4) is 0 Å². The molecule has 0 aromatic heterocycles. The van der Waals surface area contributed by atoms with Crippen molar-refractivity contribution in [3.05, 3.63) is 26.8 Å². The quantitative estimate of drug-likeness (QED) is 0.716. The lowest BCUT2D eigenvalue weighted by molar-refractivity contribution is 0.467. The number of aromatic hydroxyl groups is 1. The molecule has 0 saturated carbocycles. The SMILES string of the molecule is N[C@H]1CCc2c(ccc(O)c2I)C1. The zero-order valence-corrected chi connectivity index (χ0v) is 9.41. The molecule has 3 N–H and O–H groups in total. The molecule has 0 fully saturated rings. The molecule has 1 aliphatic rings. The Balaban J connectivity index is 2.47. The number of halogens is 1. The Bertz CT molecular complexity index is 338. The smallest absolute Gasteiger partial charge is 0.129 e. The van der Waals surface area contributed by atoms with E-state index in [-0.39, 0.29) is 0 Å². The Morgan fingerprint density at radius 3 is 3.00 bits per heavy atom. The third kappa shape index (κ3) is 1.67. The molecule has 2 rings (SSSR count). The summed E-state index contributed by atoms with van der Waals surface area (Å²) in [4.78, 5) is 0. The summed E-state index contributed by atoms with van der Waals surface area (Å²) >= 11 is 2.20. The average Bonchev–Trinajstić information content (AvgIpc) is 2.12. The number of benzene rings is 1. The van der Waals surface area contributed by atoms with Gasteiger partial charge in [-0.15, -0.1) is 0 Å². The molecule has 0 aliphatic heterocycles. The fraction of sp³-hybridized carbons (Fsp3) is 0.400. The molecule has 0 saturated heterocycles. The second kappa shape index (κ2) is 3.46. The maximum atomic E-state index is 9.50. The van der Waals surface area contributed by atoms with E-state index in [9.17, 15) is 5.11 Å². The normalized spacial score (nSPS) is 21.2. The van der Waals surface area contributed by atoms with Gasteiger partial charge in [0.1, 0.15) is 5.75 Å². The van der Waals surface area contributed by atoms with Crippen LogP contribution in [0.25, 0.3) is 0 Å². The molecule has 0 heterocycles. The molecule has 0 bridgehead atoms. The van der Waals surface area contributed by atoms with Crippen LogP contribution in [0, 0.1) is 3.57 Å². The van der Waals surface area contributed by atoms with Gasteiger partial charge in [0.15, 0.2) is 0 Å². The van der Waals surface area contributed by atoms with Crippen LogP contribution in [-0.4, -0.2) is 11.1 Å². The predicted octanol–water partition coefficient (Wildman–Crippen LogP) is 1.81. The minimum atomic E-state index is 0.299. The Hall–Kier alpha value is -0.290. The van der Waals surface area contributed by atoms with Gasteiger partial charge in [-0.1, -0.05) is 6.07 Å². The van der Waals surface area contributed by atoms with E-state index in [0.29, 0.717) is 11.8 Å². The summed E-state index contributed by atoms with van der Waals surface area (Å²) in [5, 5.41) is 9.50. The van der Waals surface area contributed by atoms with Gasteiger partial charge in [0, 0.05) is 6.04 Å². The third-order valence-electron chi connectivity index (χ3n) is 2.57. The molecule has 0 amide bonds. The highest BCUT2D eigenvalue weighted by atomic mass is 127. The van der Waals surface area contributed by atoms with Crippen LogP contribution < -0.4 is 5.73 Å². The van der Waals surface area contributed by atoms with Crippen molar-refractivity contribution in [2.75, 3.05) is 0 Å². The highest BCUT2D eigenvalue weighted by molar-refractivity contribution is 14.1. The lowest BCUT2D eigenvalue weighted by atomic mass is 9.89. The summed E-state index contributed by atoms with van der Waals surface area (Å²) in [7, 11) is 0. The molecule has 70 valence electrons. The highest BCUT2D eigenvalue weighted by Crippen LogP contribution is 2.30. The van der Waals surface area contributed by atoms with Gasteiger partial charge >= 0.3 is 0 Å². The summed E-state index contributed by atoms with van der Waals surface area (Å²) in [6.45, 7) is 0. The molecular weight excluding hydrogens is 277 g/mol. The zero-order valence-electron chi connectivity index (χ0n) is 7.26. The van der Waals surface area contributed by atoms with Crippen LogP contribution in [0.15, 0.2) is 12.1 Å². The van der Waals surface area contributed by atoms with Crippen molar-refractivity contribution in [2.24, 2.45) is 5.73 Å². The summed E-state index contributed by atoms with van der Waals surface area (Å²) in [5.41, 5.74) is 8.47. The third-order valence-corrected chi connectivity index (χ3v) is 3.77. The van der Waals surface area contributed by atoms with Crippen molar-refractivity contribution in [2.45, 2.75) is 25.3 Å². The number of phenolic OH excluding ortho intramolecular Hbond substituents is 1. The van der Waals surface area contributed by atoms with Crippen molar-refractivity contribution < 1.29 is 5.11 Å². The molecule has 0 radical (unpaired) electrons. The van der Waals surface area contributed by atoms with Crippen molar-refractivity contribution in [1.82, 2.24) is 0 Å². The van der Waals surface area contributed by atoms with Crippen molar-refractivity contribution in [1.29, 1.82) is 0 Å². The number of hydrogen-bond donors (Lipinski definition) is 2. The van der Waals surface area contributed by atoms with Gasteiger partial charge in [0.25, 0.3) is 0 Å². The molecule has 2 nitrogen and oxygen atoms in total. The van der Waals surface area contributed by atoms with E-state index in [1.54, 1.807) is 6.07 Å². The molecule has 3 heteroatoms. The minimum Gasteiger partial charge on any atom is -0.507 e. The first-order valence-corrected chi connectivity index (χ1v) is 5.51. The molecule has 1 aliphatic carbocycles. The topological polar surface area (TPSA) is 46.2 Å². The first-order chi connectivity index (χ1) is 6.18. The van der Waals surface area contributed by atoms with E-state index >= 15 is 0 Å². The first kappa shape index (κ1) is 9.27. The monoisotopic (exact) mass is 289 g/mol. The van der Waals surface area contributed by atoms with Gasteiger partial charge in [-0.25, -0.2) is 0 Å². The van der Waals surface area contributed by atoms with E-state index in [0.717, 1.165) is 22.8 Å². The Morgan fingerprint density at radius 1 is 1.46 bits per heavy atom. The maximum Gasteiger partial charge on any atom is 0.129 e. The molecule has 1 atom stereocenters. The molecule has 0 unspecified atom stereocenters.